The number of rotatable bonds is 2. The zero-order valence-corrected chi connectivity index (χ0v) is 15.8. The molecule has 4 rings (SSSR count). The minimum Gasteiger partial charge on any atom is -0.356 e. The van der Waals surface area contributed by atoms with Gasteiger partial charge in [0, 0.05) is 23.7 Å². The molecular weight excluding hydrogens is 369 g/mol. The first-order valence-electron chi connectivity index (χ1n) is 8.57. The number of piperidine rings is 1. The lowest BCUT2D eigenvalue weighted by Crippen LogP contribution is -2.34. The van der Waals surface area contributed by atoms with E-state index in [-0.39, 0.29) is 0 Å². The maximum absolute atomic E-state index is 9.36. The number of halogens is 2. The number of anilines is 1. The summed E-state index contributed by atoms with van der Waals surface area (Å²) in [6.07, 6.45) is 3.72. The van der Waals surface area contributed by atoms with Crippen LogP contribution in [0.3, 0.4) is 0 Å². The van der Waals surface area contributed by atoms with Gasteiger partial charge in [-0.15, -0.1) is 0 Å². The number of aromatic nitrogens is 3. The molecule has 26 heavy (non-hydrogen) atoms. The number of nitriles is 1. The summed E-state index contributed by atoms with van der Waals surface area (Å²) in [7, 11) is 0. The SMILES string of the molecule is CC1CCN(c2c(-c3ccccc3Cl)c(Cl)nc3c(C#N)cnn23)CC1. The van der Waals surface area contributed by atoms with Crippen molar-refractivity contribution >= 4 is 34.7 Å². The van der Waals surface area contributed by atoms with E-state index >= 15 is 0 Å². The number of fused-ring (bicyclic) bond motifs is 1. The molecule has 0 saturated carbocycles. The molecule has 0 unspecified atom stereocenters. The van der Waals surface area contributed by atoms with E-state index in [0.29, 0.717) is 27.3 Å². The highest BCUT2D eigenvalue weighted by Crippen LogP contribution is 2.41. The number of hydrogen-bond acceptors (Lipinski definition) is 4. The van der Waals surface area contributed by atoms with Gasteiger partial charge in [0.25, 0.3) is 0 Å². The quantitative estimate of drug-likeness (QED) is 0.593. The molecule has 132 valence electrons. The van der Waals surface area contributed by atoms with Gasteiger partial charge in [-0.3, -0.25) is 0 Å². The zero-order chi connectivity index (χ0) is 18.3. The summed E-state index contributed by atoms with van der Waals surface area (Å²) in [5, 5.41) is 14.7. The monoisotopic (exact) mass is 385 g/mol. The predicted octanol–water partition coefficient (Wildman–Crippen LogP) is 4.81. The largest absolute Gasteiger partial charge is 0.356 e. The van der Waals surface area contributed by atoms with Crippen LogP contribution in [0, 0.1) is 17.2 Å². The highest BCUT2D eigenvalue weighted by Gasteiger charge is 2.26. The Labute approximate surface area is 161 Å². The third-order valence-corrected chi connectivity index (χ3v) is 5.53. The summed E-state index contributed by atoms with van der Waals surface area (Å²) in [6.45, 7) is 4.06. The Morgan fingerprint density at radius 3 is 2.62 bits per heavy atom. The number of nitrogens with zero attached hydrogens (tertiary/aromatic N) is 5. The van der Waals surface area contributed by atoms with Gasteiger partial charge in [-0.1, -0.05) is 48.3 Å². The Balaban J connectivity index is 2.01. The molecule has 0 atom stereocenters. The molecule has 7 heteroatoms. The fraction of sp³-hybridized carbons (Fsp3) is 0.316. The van der Waals surface area contributed by atoms with Gasteiger partial charge in [-0.05, 0) is 24.8 Å². The van der Waals surface area contributed by atoms with Crippen molar-refractivity contribution in [2.45, 2.75) is 19.8 Å². The molecule has 0 bridgehead atoms. The van der Waals surface area contributed by atoms with Crippen LogP contribution in [-0.2, 0) is 0 Å². The Morgan fingerprint density at radius 1 is 1.19 bits per heavy atom. The van der Waals surface area contributed by atoms with Crippen LogP contribution in [0.5, 0.6) is 0 Å². The normalized spacial score (nSPS) is 15.4. The average molecular weight is 386 g/mol. The van der Waals surface area contributed by atoms with Crippen molar-refractivity contribution in [2.24, 2.45) is 5.92 Å². The van der Waals surface area contributed by atoms with E-state index in [4.69, 9.17) is 23.2 Å². The summed E-state index contributed by atoms with van der Waals surface area (Å²) < 4.78 is 1.72. The van der Waals surface area contributed by atoms with Gasteiger partial charge in [0.1, 0.15) is 22.6 Å². The minimum absolute atomic E-state index is 0.330. The van der Waals surface area contributed by atoms with Crippen LogP contribution < -0.4 is 4.90 Å². The van der Waals surface area contributed by atoms with Gasteiger partial charge in [0.05, 0.1) is 11.8 Å². The lowest BCUT2D eigenvalue weighted by molar-refractivity contribution is 0.435. The van der Waals surface area contributed by atoms with Gasteiger partial charge in [-0.2, -0.15) is 14.9 Å². The van der Waals surface area contributed by atoms with E-state index in [1.165, 1.54) is 6.20 Å². The van der Waals surface area contributed by atoms with Crippen LogP contribution in [0.1, 0.15) is 25.3 Å². The average Bonchev–Trinajstić information content (AvgIpc) is 3.04. The molecule has 1 fully saturated rings. The summed E-state index contributed by atoms with van der Waals surface area (Å²) >= 11 is 13.1. The van der Waals surface area contributed by atoms with Crippen LogP contribution in [-0.4, -0.2) is 27.7 Å². The predicted molar refractivity (Wildman–Crippen MR) is 104 cm³/mol. The fourth-order valence-corrected chi connectivity index (χ4v) is 3.94. The van der Waals surface area contributed by atoms with Crippen LogP contribution in [0.2, 0.25) is 10.2 Å². The van der Waals surface area contributed by atoms with Crippen molar-refractivity contribution in [1.82, 2.24) is 14.6 Å². The molecule has 0 N–H and O–H groups in total. The second-order valence-corrected chi connectivity index (χ2v) is 7.42. The Hall–Kier alpha value is -2.29. The van der Waals surface area contributed by atoms with Gasteiger partial charge in [0.15, 0.2) is 5.65 Å². The van der Waals surface area contributed by atoms with E-state index in [1.54, 1.807) is 4.52 Å². The van der Waals surface area contributed by atoms with Crippen LogP contribution in [0.4, 0.5) is 5.82 Å². The van der Waals surface area contributed by atoms with Crippen molar-refractivity contribution in [3.63, 3.8) is 0 Å². The van der Waals surface area contributed by atoms with Gasteiger partial charge < -0.3 is 4.90 Å². The van der Waals surface area contributed by atoms with E-state index in [1.807, 2.05) is 24.3 Å². The van der Waals surface area contributed by atoms with Crippen molar-refractivity contribution in [3.8, 4) is 17.2 Å². The zero-order valence-electron chi connectivity index (χ0n) is 14.3. The maximum atomic E-state index is 9.36. The van der Waals surface area contributed by atoms with Crippen LogP contribution in [0.25, 0.3) is 16.8 Å². The molecule has 3 aromatic rings. The molecule has 3 heterocycles. The summed E-state index contributed by atoms with van der Waals surface area (Å²) in [6, 6.07) is 9.71. The van der Waals surface area contributed by atoms with Crippen LogP contribution in [0.15, 0.2) is 30.5 Å². The summed E-state index contributed by atoms with van der Waals surface area (Å²) in [4.78, 5) is 6.72. The van der Waals surface area contributed by atoms with Crippen molar-refractivity contribution in [2.75, 3.05) is 18.0 Å². The van der Waals surface area contributed by atoms with Crippen LogP contribution >= 0.6 is 23.2 Å². The van der Waals surface area contributed by atoms with E-state index in [0.717, 1.165) is 42.9 Å². The summed E-state index contributed by atoms with van der Waals surface area (Å²) in [5.41, 5.74) is 2.45. The highest BCUT2D eigenvalue weighted by atomic mass is 35.5. The fourth-order valence-electron chi connectivity index (χ4n) is 3.44. The topological polar surface area (TPSA) is 57.2 Å². The molecule has 1 saturated heterocycles. The third-order valence-electron chi connectivity index (χ3n) is 4.93. The molecule has 1 aliphatic rings. The number of benzene rings is 1. The minimum atomic E-state index is 0.330. The second kappa shape index (κ2) is 6.79. The molecule has 0 spiro atoms. The van der Waals surface area contributed by atoms with Crippen molar-refractivity contribution in [3.05, 3.63) is 46.2 Å². The van der Waals surface area contributed by atoms with Gasteiger partial charge in [-0.25, -0.2) is 4.98 Å². The summed E-state index contributed by atoms with van der Waals surface area (Å²) in [5.74, 6) is 1.54. The Kier molecular flexibility index (Phi) is 4.47. The Morgan fingerprint density at radius 2 is 1.92 bits per heavy atom. The van der Waals surface area contributed by atoms with E-state index in [9.17, 15) is 5.26 Å². The third kappa shape index (κ3) is 2.80. The standard InChI is InChI=1S/C19H17Cl2N5/c1-12-6-8-25(9-7-12)19-16(14-4-2-3-5-15(14)20)17(21)24-18-13(10-22)11-23-26(18)19/h2-5,11-12H,6-9H2,1H3. The molecule has 1 aromatic carbocycles. The first-order valence-corrected chi connectivity index (χ1v) is 9.33. The molecule has 0 radical (unpaired) electrons. The molecule has 2 aromatic heterocycles. The highest BCUT2D eigenvalue weighted by molar-refractivity contribution is 6.36. The smallest absolute Gasteiger partial charge is 0.176 e. The van der Waals surface area contributed by atoms with E-state index < -0.39 is 0 Å². The second-order valence-electron chi connectivity index (χ2n) is 6.66. The molecule has 5 nitrogen and oxygen atoms in total. The molecule has 1 aliphatic heterocycles. The number of hydrogen-bond donors (Lipinski definition) is 0. The first kappa shape index (κ1) is 17.1. The molecular formula is C19H17Cl2N5. The lowest BCUT2D eigenvalue weighted by atomic mass is 9.98. The first-order chi connectivity index (χ1) is 12.6. The van der Waals surface area contributed by atoms with E-state index in [2.05, 4.69) is 28.0 Å². The lowest BCUT2D eigenvalue weighted by Gasteiger charge is -2.33. The Bertz CT molecular complexity index is 1010. The van der Waals surface area contributed by atoms with Crippen molar-refractivity contribution in [1.29, 1.82) is 5.26 Å². The molecule has 0 aliphatic carbocycles. The van der Waals surface area contributed by atoms with Gasteiger partial charge >= 0.3 is 0 Å². The van der Waals surface area contributed by atoms with Gasteiger partial charge in [0.2, 0.25) is 0 Å². The van der Waals surface area contributed by atoms with Crippen molar-refractivity contribution < 1.29 is 0 Å². The molecule has 0 amide bonds. The maximum Gasteiger partial charge on any atom is 0.176 e.